The fourth-order valence-corrected chi connectivity index (χ4v) is 3.45. The van der Waals surface area contributed by atoms with Crippen LogP contribution in [-0.2, 0) is 9.53 Å². The van der Waals surface area contributed by atoms with Gasteiger partial charge in [-0.3, -0.25) is 4.79 Å². The minimum atomic E-state index is -0.885. The highest BCUT2D eigenvalue weighted by Crippen LogP contribution is 2.26. The first-order valence-electron chi connectivity index (χ1n) is 7.83. The third-order valence-electron chi connectivity index (χ3n) is 4.74. The van der Waals surface area contributed by atoms with Crippen LogP contribution >= 0.6 is 0 Å². The number of likely N-dealkylation sites (N-methyl/N-ethyl adjacent to an activating group) is 1. The monoisotopic (exact) mass is 298 g/mol. The van der Waals surface area contributed by atoms with Crippen LogP contribution in [0.3, 0.4) is 0 Å². The van der Waals surface area contributed by atoms with Crippen molar-refractivity contribution in [3.05, 3.63) is 0 Å². The maximum absolute atomic E-state index is 12.8. The fourth-order valence-electron chi connectivity index (χ4n) is 3.45. The minimum absolute atomic E-state index is 0.0429. The van der Waals surface area contributed by atoms with Crippen LogP contribution in [0.1, 0.15) is 33.6 Å². The number of urea groups is 1. The molecule has 2 saturated heterocycles. The van der Waals surface area contributed by atoms with Gasteiger partial charge in [-0.05, 0) is 32.6 Å². The van der Waals surface area contributed by atoms with E-state index in [4.69, 9.17) is 4.74 Å². The SMILES string of the molecule is CCN(C(=O)N1CCC(C)CC1C)C1COCC1C(=O)O. The first-order valence-corrected chi connectivity index (χ1v) is 7.83. The molecule has 120 valence electrons. The van der Waals surface area contributed by atoms with Crippen LogP contribution in [0.25, 0.3) is 0 Å². The molecule has 2 rings (SSSR count). The summed E-state index contributed by atoms with van der Waals surface area (Å²) in [4.78, 5) is 27.7. The highest BCUT2D eigenvalue weighted by atomic mass is 16.5. The van der Waals surface area contributed by atoms with Gasteiger partial charge in [-0.25, -0.2) is 4.79 Å². The Labute approximate surface area is 126 Å². The van der Waals surface area contributed by atoms with Crippen molar-refractivity contribution in [2.24, 2.45) is 11.8 Å². The van der Waals surface area contributed by atoms with Gasteiger partial charge in [0.1, 0.15) is 5.92 Å². The summed E-state index contributed by atoms with van der Waals surface area (Å²) in [5.74, 6) is -0.863. The number of carboxylic acids is 1. The summed E-state index contributed by atoms with van der Waals surface area (Å²) < 4.78 is 5.30. The van der Waals surface area contributed by atoms with E-state index < -0.39 is 11.9 Å². The molecule has 0 bridgehead atoms. The van der Waals surface area contributed by atoms with E-state index in [1.165, 1.54) is 0 Å². The molecular weight excluding hydrogens is 272 g/mol. The maximum atomic E-state index is 12.8. The van der Waals surface area contributed by atoms with E-state index in [-0.39, 0.29) is 24.7 Å². The lowest BCUT2D eigenvalue weighted by atomic mass is 9.93. The zero-order chi connectivity index (χ0) is 15.6. The van der Waals surface area contributed by atoms with Gasteiger partial charge in [0.2, 0.25) is 0 Å². The number of likely N-dealkylation sites (tertiary alicyclic amines) is 1. The number of carbonyl (C=O) groups excluding carboxylic acids is 1. The first kappa shape index (κ1) is 16.1. The molecule has 2 aliphatic heterocycles. The van der Waals surface area contributed by atoms with E-state index in [2.05, 4.69) is 13.8 Å². The smallest absolute Gasteiger partial charge is 0.320 e. The highest BCUT2D eigenvalue weighted by molar-refractivity contribution is 5.77. The zero-order valence-electron chi connectivity index (χ0n) is 13.1. The highest BCUT2D eigenvalue weighted by Gasteiger charge is 2.41. The molecule has 6 nitrogen and oxygen atoms in total. The average Bonchev–Trinajstić information content (AvgIpc) is 2.88. The number of amides is 2. The summed E-state index contributed by atoms with van der Waals surface area (Å²) in [7, 11) is 0. The Hall–Kier alpha value is -1.30. The molecule has 6 heteroatoms. The quantitative estimate of drug-likeness (QED) is 0.860. The lowest BCUT2D eigenvalue weighted by Crippen LogP contribution is -2.55. The summed E-state index contributed by atoms with van der Waals surface area (Å²) in [5.41, 5.74) is 0. The van der Waals surface area contributed by atoms with Crippen LogP contribution < -0.4 is 0 Å². The summed E-state index contributed by atoms with van der Waals surface area (Å²) in [5, 5.41) is 9.28. The number of rotatable bonds is 3. The number of aliphatic carboxylic acids is 1. The van der Waals surface area contributed by atoms with Crippen molar-refractivity contribution in [2.45, 2.75) is 45.7 Å². The van der Waals surface area contributed by atoms with Crippen LogP contribution in [0.15, 0.2) is 0 Å². The van der Waals surface area contributed by atoms with Crippen molar-refractivity contribution < 1.29 is 19.4 Å². The number of carboxylic acid groups (broad SMARTS) is 1. The van der Waals surface area contributed by atoms with Gasteiger partial charge in [0.05, 0.1) is 19.3 Å². The molecule has 1 N–H and O–H groups in total. The number of hydrogen-bond acceptors (Lipinski definition) is 3. The summed E-state index contributed by atoms with van der Waals surface area (Å²) in [6.07, 6.45) is 2.02. The van der Waals surface area contributed by atoms with E-state index in [1.807, 2.05) is 11.8 Å². The van der Waals surface area contributed by atoms with Crippen molar-refractivity contribution in [1.29, 1.82) is 0 Å². The summed E-state index contributed by atoms with van der Waals surface area (Å²) >= 11 is 0. The number of ether oxygens (including phenoxy) is 1. The average molecular weight is 298 g/mol. The van der Waals surface area contributed by atoms with Gasteiger partial charge < -0.3 is 19.6 Å². The van der Waals surface area contributed by atoms with E-state index in [0.717, 1.165) is 19.4 Å². The van der Waals surface area contributed by atoms with Crippen LogP contribution in [-0.4, -0.2) is 65.3 Å². The molecule has 2 heterocycles. The van der Waals surface area contributed by atoms with Crippen molar-refractivity contribution in [2.75, 3.05) is 26.3 Å². The molecular formula is C15H26N2O4. The van der Waals surface area contributed by atoms with E-state index >= 15 is 0 Å². The Morgan fingerprint density at radius 2 is 2.05 bits per heavy atom. The Kier molecular flexibility index (Phi) is 5.08. The summed E-state index contributed by atoms with van der Waals surface area (Å²) in [6, 6.07) is -0.189. The standard InChI is InChI=1S/C15H26N2O4/c1-4-16(13-9-21-8-12(13)14(18)19)15(20)17-6-5-10(2)7-11(17)3/h10-13H,4-9H2,1-3H3,(H,18,19). The molecule has 0 aromatic carbocycles. The second-order valence-electron chi connectivity index (χ2n) is 6.29. The molecule has 0 spiro atoms. The first-order chi connectivity index (χ1) is 9.95. The van der Waals surface area contributed by atoms with E-state index in [9.17, 15) is 14.7 Å². The van der Waals surface area contributed by atoms with Crippen LogP contribution in [0, 0.1) is 11.8 Å². The van der Waals surface area contributed by atoms with Crippen molar-refractivity contribution in [3.8, 4) is 0 Å². The van der Waals surface area contributed by atoms with Gasteiger partial charge >= 0.3 is 12.0 Å². The normalized spacial score (nSPS) is 33.0. The topological polar surface area (TPSA) is 70.1 Å². The fraction of sp³-hybridized carbons (Fsp3) is 0.867. The van der Waals surface area contributed by atoms with Gasteiger partial charge in [-0.1, -0.05) is 6.92 Å². The van der Waals surface area contributed by atoms with Gasteiger partial charge in [0.15, 0.2) is 0 Å². The van der Waals surface area contributed by atoms with Crippen LogP contribution in [0.2, 0.25) is 0 Å². The molecule has 4 unspecified atom stereocenters. The molecule has 21 heavy (non-hydrogen) atoms. The molecule has 0 radical (unpaired) electrons. The van der Waals surface area contributed by atoms with Gasteiger partial charge in [-0.15, -0.1) is 0 Å². The second-order valence-corrected chi connectivity index (χ2v) is 6.29. The van der Waals surface area contributed by atoms with Crippen molar-refractivity contribution in [3.63, 3.8) is 0 Å². The summed E-state index contributed by atoms with van der Waals surface area (Å²) in [6.45, 7) is 7.94. The Morgan fingerprint density at radius 3 is 2.62 bits per heavy atom. The van der Waals surface area contributed by atoms with Gasteiger partial charge in [0, 0.05) is 19.1 Å². The molecule has 0 aromatic heterocycles. The largest absolute Gasteiger partial charge is 0.481 e. The second kappa shape index (κ2) is 6.64. The molecule has 0 saturated carbocycles. The Bertz CT molecular complexity index is 401. The molecule has 2 aliphatic rings. The van der Waals surface area contributed by atoms with Crippen LogP contribution in [0.4, 0.5) is 4.79 Å². The molecule has 4 atom stereocenters. The number of piperidine rings is 1. The van der Waals surface area contributed by atoms with E-state index in [1.54, 1.807) is 4.90 Å². The van der Waals surface area contributed by atoms with Crippen LogP contribution in [0.5, 0.6) is 0 Å². The van der Waals surface area contributed by atoms with Gasteiger partial charge in [0.25, 0.3) is 0 Å². The zero-order valence-corrected chi connectivity index (χ0v) is 13.1. The Balaban J connectivity index is 2.09. The van der Waals surface area contributed by atoms with Gasteiger partial charge in [-0.2, -0.15) is 0 Å². The molecule has 0 aliphatic carbocycles. The Morgan fingerprint density at radius 1 is 1.33 bits per heavy atom. The van der Waals surface area contributed by atoms with Crippen molar-refractivity contribution >= 4 is 12.0 Å². The predicted molar refractivity (Wildman–Crippen MR) is 78.1 cm³/mol. The predicted octanol–water partition coefficient (Wildman–Crippen LogP) is 1.65. The third kappa shape index (κ3) is 3.31. The molecule has 2 fully saturated rings. The lowest BCUT2D eigenvalue weighted by Gasteiger charge is -2.41. The number of nitrogens with zero attached hydrogens (tertiary/aromatic N) is 2. The maximum Gasteiger partial charge on any atom is 0.320 e. The molecule has 2 amide bonds. The van der Waals surface area contributed by atoms with Crippen molar-refractivity contribution in [1.82, 2.24) is 9.80 Å². The van der Waals surface area contributed by atoms with E-state index in [0.29, 0.717) is 19.1 Å². The third-order valence-corrected chi connectivity index (χ3v) is 4.74. The number of hydrogen-bond donors (Lipinski definition) is 1. The lowest BCUT2D eigenvalue weighted by molar-refractivity contribution is -0.142. The minimum Gasteiger partial charge on any atom is -0.481 e. The molecule has 0 aromatic rings. The number of carbonyl (C=O) groups is 2.